The lowest BCUT2D eigenvalue weighted by molar-refractivity contribution is -0.136. The lowest BCUT2D eigenvalue weighted by Crippen LogP contribution is -2.08. The Balaban J connectivity index is 2.17. The molecule has 0 spiro atoms. The Hall–Kier alpha value is -1.82. The van der Waals surface area contributed by atoms with Crippen LogP contribution in [0.15, 0.2) is 40.8 Å². The van der Waals surface area contributed by atoms with Gasteiger partial charge in [-0.25, -0.2) is 0 Å². The van der Waals surface area contributed by atoms with E-state index in [2.05, 4.69) is 10.5 Å². The van der Waals surface area contributed by atoms with Gasteiger partial charge in [-0.2, -0.15) is 18.3 Å². The van der Waals surface area contributed by atoms with E-state index in [1.807, 2.05) is 18.4 Å². The predicted molar refractivity (Wildman–Crippen MR) is 71.7 cm³/mol. The molecule has 0 radical (unpaired) electrons. The molecule has 0 saturated carbocycles. The van der Waals surface area contributed by atoms with Crippen LogP contribution in [0.1, 0.15) is 16.0 Å². The summed E-state index contributed by atoms with van der Waals surface area (Å²) in [7, 11) is 0. The smallest absolute Gasteiger partial charge is 0.278 e. The maximum Gasteiger partial charge on any atom is 0.418 e. The molecule has 2 rings (SSSR count). The molecule has 19 heavy (non-hydrogen) atoms. The Kier molecular flexibility index (Phi) is 3.90. The number of rotatable bonds is 3. The van der Waals surface area contributed by atoms with Gasteiger partial charge in [0.25, 0.3) is 0 Å². The zero-order chi connectivity index (χ0) is 13.9. The van der Waals surface area contributed by atoms with Crippen molar-refractivity contribution in [2.24, 2.45) is 5.10 Å². The van der Waals surface area contributed by atoms with E-state index in [-0.39, 0.29) is 5.69 Å². The monoisotopic (exact) mass is 284 g/mol. The van der Waals surface area contributed by atoms with Gasteiger partial charge in [0.15, 0.2) is 0 Å². The highest BCUT2D eigenvalue weighted by Gasteiger charge is 2.33. The molecular formula is C13H11F3N2S. The summed E-state index contributed by atoms with van der Waals surface area (Å²) in [5, 5.41) is 5.76. The molecule has 0 fully saturated rings. The third kappa shape index (κ3) is 3.35. The van der Waals surface area contributed by atoms with E-state index in [9.17, 15) is 13.2 Å². The molecular weight excluding hydrogens is 273 g/mol. The number of alkyl halides is 3. The fourth-order valence-electron chi connectivity index (χ4n) is 1.50. The minimum Gasteiger partial charge on any atom is -0.278 e. The Morgan fingerprint density at radius 3 is 2.58 bits per heavy atom. The van der Waals surface area contributed by atoms with Crippen LogP contribution < -0.4 is 5.43 Å². The molecule has 1 heterocycles. The summed E-state index contributed by atoms with van der Waals surface area (Å²) in [6.45, 7) is 1.92. The summed E-state index contributed by atoms with van der Waals surface area (Å²) in [6.07, 6.45) is -2.87. The standard InChI is InChI=1S/C13H11F3N2S/c1-9-6-7-19-12(9)8-17-18-11-5-3-2-4-10(11)13(14,15)16/h2-8,18H,1H3/b17-8+. The number of halogens is 3. The van der Waals surface area contributed by atoms with Gasteiger partial charge in [-0.1, -0.05) is 12.1 Å². The predicted octanol–water partition coefficient (Wildman–Crippen LogP) is 4.52. The van der Waals surface area contributed by atoms with Crippen molar-refractivity contribution in [1.29, 1.82) is 0 Å². The van der Waals surface area contributed by atoms with Crippen molar-refractivity contribution in [1.82, 2.24) is 0 Å². The number of thiophene rings is 1. The molecule has 0 atom stereocenters. The second kappa shape index (κ2) is 5.44. The van der Waals surface area contributed by atoms with E-state index in [1.54, 1.807) is 0 Å². The summed E-state index contributed by atoms with van der Waals surface area (Å²) in [5.41, 5.74) is 2.70. The maximum absolute atomic E-state index is 12.7. The Bertz CT molecular complexity index is 588. The first kappa shape index (κ1) is 13.6. The summed E-state index contributed by atoms with van der Waals surface area (Å²) < 4.78 is 38.2. The molecule has 2 aromatic rings. The normalized spacial score (nSPS) is 12.0. The first-order chi connectivity index (χ1) is 8.98. The van der Waals surface area contributed by atoms with Crippen LogP contribution >= 0.6 is 11.3 Å². The van der Waals surface area contributed by atoms with Gasteiger partial charge in [0.1, 0.15) is 0 Å². The maximum atomic E-state index is 12.7. The van der Waals surface area contributed by atoms with E-state index in [0.29, 0.717) is 0 Å². The highest BCUT2D eigenvalue weighted by atomic mass is 32.1. The van der Waals surface area contributed by atoms with Crippen LogP contribution in [0.5, 0.6) is 0 Å². The van der Waals surface area contributed by atoms with Gasteiger partial charge in [0.05, 0.1) is 17.5 Å². The van der Waals surface area contributed by atoms with Gasteiger partial charge < -0.3 is 0 Å². The third-order valence-corrected chi connectivity index (χ3v) is 3.45. The fourth-order valence-corrected chi connectivity index (χ4v) is 2.29. The van der Waals surface area contributed by atoms with Gasteiger partial charge >= 0.3 is 6.18 Å². The van der Waals surface area contributed by atoms with E-state index in [1.165, 1.54) is 35.8 Å². The lowest BCUT2D eigenvalue weighted by atomic mass is 10.2. The number of hydrogen-bond acceptors (Lipinski definition) is 3. The topological polar surface area (TPSA) is 24.4 Å². The second-order valence-electron chi connectivity index (χ2n) is 3.88. The van der Waals surface area contributed by atoms with Gasteiger partial charge in [-0.3, -0.25) is 5.43 Å². The second-order valence-corrected chi connectivity index (χ2v) is 4.83. The minimum atomic E-state index is -4.39. The quantitative estimate of drug-likeness (QED) is 0.650. The number of hydrazone groups is 1. The number of anilines is 1. The van der Waals surface area contributed by atoms with Crippen molar-refractivity contribution in [2.75, 3.05) is 5.43 Å². The Morgan fingerprint density at radius 1 is 1.21 bits per heavy atom. The van der Waals surface area contributed by atoms with Crippen LogP contribution in [0.3, 0.4) is 0 Å². The van der Waals surface area contributed by atoms with Crippen molar-refractivity contribution >= 4 is 23.2 Å². The average molecular weight is 284 g/mol. The van der Waals surface area contributed by atoms with Gasteiger partial charge in [-0.15, -0.1) is 11.3 Å². The highest BCUT2D eigenvalue weighted by molar-refractivity contribution is 7.11. The third-order valence-electron chi connectivity index (χ3n) is 2.50. The molecule has 0 aliphatic rings. The molecule has 0 amide bonds. The molecule has 1 aromatic carbocycles. The summed E-state index contributed by atoms with van der Waals surface area (Å²) in [4.78, 5) is 0.914. The molecule has 1 N–H and O–H groups in total. The van der Waals surface area contributed by atoms with Crippen molar-refractivity contribution < 1.29 is 13.2 Å². The van der Waals surface area contributed by atoms with E-state index < -0.39 is 11.7 Å². The molecule has 0 bridgehead atoms. The fraction of sp³-hybridized carbons (Fsp3) is 0.154. The molecule has 2 nitrogen and oxygen atoms in total. The number of hydrogen-bond donors (Lipinski definition) is 1. The molecule has 0 aliphatic heterocycles. The Labute approximate surface area is 112 Å². The molecule has 100 valence electrons. The zero-order valence-corrected chi connectivity index (χ0v) is 10.8. The van der Waals surface area contributed by atoms with Crippen molar-refractivity contribution in [3.63, 3.8) is 0 Å². The molecule has 1 aromatic heterocycles. The first-order valence-electron chi connectivity index (χ1n) is 5.48. The van der Waals surface area contributed by atoms with E-state index in [0.717, 1.165) is 16.5 Å². The first-order valence-corrected chi connectivity index (χ1v) is 6.36. The Morgan fingerprint density at radius 2 is 1.95 bits per heavy atom. The molecule has 0 unspecified atom stereocenters. The summed E-state index contributed by atoms with van der Waals surface area (Å²) in [6, 6.07) is 7.18. The minimum absolute atomic E-state index is 0.0551. The zero-order valence-electron chi connectivity index (χ0n) is 10.0. The molecule has 0 aliphatic carbocycles. The highest BCUT2D eigenvalue weighted by Crippen LogP contribution is 2.34. The van der Waals surface area contributed by atoms with Crippen LogP contribution in [0.25, 0.3) is 0 Å². The van der Waals surface area contributed by atoms with Crippen molar-refractivity contribution in [3.8, 4) is 0 Å². The average Bonchev–Trinajstić information content (AvgIpc) is 2.75. The van der Waals surface area contributed by atoms with Crippen LogP contribution in [0, 0.1) is 6.92 Å². The number of benzene rings is 1. The van der Waals surface area contributed by atoms with Gasteiger partial charge in [-0.05, 0) is 36.1 Å². The number of nitrogens with zero attached hydrogens (tertiary/aromatic N) is 1. The van der Waals surface area contributed by atoms with Crippen molar-refractivity contribution in [3.05, 3.63) is 51.7 Å². The van der Waals surface area contributed by atoms with E-state index in [4.69, 9.17) is 0 Å². The molecule has 0 saturated heterocycles. The SMILES string of the molecule is Cc1ccsc1/C=N/Nc1ccccc1C(F)(F)F. The van der Waals surface area contributed by atoms with Crippen LogP contribution in [0.4, 0.5) is 18.9 Å². The van der Waals surface area contributed by atoms with E-state index >= 15 is 0 Å². The van der Waals surface area contributed by atoms with Crippen molar-refractivity contribution in [2.45, 2.75) is 13.1 Å². The summed E-state index contributed by atoms with van der Waals surface area (Å²) in [5.74, 6) is 0. The number of para-hydroxylation sites is 1. The van der Waals surface area contributed by atoms with Crippen LogP contribution in [-0.4, -0.2) is 6.21 Å². The molecule has 6 heteroatoms. The van der Waals surface area contributed by atoms with Gasteiger partial charge in [0.2, 0.25) is 0 Å². The van der Waals surface area contributed by atoms with Crippen LogP contribution in [0.2, 0.25) is 0 Å². The van der Waals surface area contributed by atoms with Crippen LogP contribution in [-0.2, 0) is 6.18 Å². The lowest BCUT2D eigenvalue weighted by Gasteiger charge is -2.11. The summed E-state index contributed by atoms with van der Waals surface area (Å²) >= 11 is 1.48. The largest absolute Gasteiger partial charge is 0.418 e. The number of nitrogens with one attached hydrogen (secondary N) is 1. The van der Waals surface area contributed by atoms with Gasteiger partial charge in [0, 0.05) is 4.88 Å². The number of aryl methyl sites for hydroxylation is 1.